The van der Waals surface area contributed by atoms with Gasteiger partial charge in [0.15, 0.2) is 0 Å². The van der Waals surface area contributed by atoms with Gasteiger partial charge >= 0.3 is 25.8 Å². The van der Waals surface area contributed by atoms with Gasteiger partial charge in [-0.05, 0) is 11.8 Å². The van der Waals surface area contributed by atoms with Crippen LogP contribution in [0.25, 0.3) is 0 Å². The van der Waals surface area contributed by atoms with E-state index in [0.29, 0.717) is 0 Å². The number of allylic oxidation sites excluding steroid dienone is 8. The van der Waals surface area contributed by atoms with Gasteiger partial charge in [0.2, 0.25) is 0 Å². The Morgan fingerprint density at radius 2 is 1.00 bits per heavy atom. The maximum atomic E-state index is 2.52. The smallest absolute Gasteiger partial charge is 1.00 e. The molecule has 2 aliphatic heterocycles. The minimum atomic E-state index is -0.907. The first-order valence-corrected chi connectivity index (χ1v) is 20.4. The van der Waals surface area contributed by atoms with E-state index >= 15 is 0 Å². The summed E-state index contributed by atoms with van der Waals surface area (Å²) in [4.78, 5) is 0. The Kier molecular flexibility index (Phi) is 14.5. The van der Waals surface area contributed by atoms with E-state index in [1.165, 1.54) is 64.2 Å². The monoisotopic (exact) mass is 740 g/mol. The standard InChI is InChI=1S/2C16H25Si.2ClH.Hf/c2*1-2-3-11-17(12-6-13-17)16-10-9-14-7-4-5-8-15(14)16;;;/h2*4-5,7-8,14-15H,2-3,6,9-13H2,1H3;2*1H;/q2*-1;;;+4/p-2. The molecule has 204 valence electrons. The van der Waals surface area contributed by atoms with Gasteiger partial charge in [-0.15, -0.1) is 24.0 Å². The van der Waals surface area contributed by atoms with E-state index in [-0.39, 0.29) is 50.7 Å². The molecule has 6 aliphatic rings. The summed E-state index contributed by atoms with van der Waals surface area (Å²) in [5.74, 6) is 3.48. The Hall–Kier alpha value is 0.844. The Bertz CT molecular complexity index is 733. The zero-order valence-corrected chi connectivity index (χ0v) is 30.6. The summed E-state index contributed by atoms with van der Waals surface area (Å²) in [6, 6.07) is 9.73. The normalized spacial score (nSPS) is 31.8. The molecule has 0 nitrogen and oxygen atoms in total. The molecule has 0 spiro atoms. The average molecular weight is 740 g/mol. The third-order valence-corrected chi connectivity index (χ3v) is 22.6. The molecular weight excluding hydrogens is 690 g/mol. The van der Waals surface area contributed by atoms with E-state index in [9.17, 15) is 0 Å². The van der Waals surface area contributed by atoms with Crippen LogP contribution in [0.5, 0.6) is 0 Å². The predicted molar refractivity (Wildman–Crippen MR) is 155 cm³/mol. The Balaban J connectivity index is 0.000000241. The van der Waals surface area contributed by atoms with Gasteiger partial charge in [0, 0.05) is 0 Å². The molecule has 2 saturated carbocycles. The first kappa shape index (κ1) is 34.0. The van der Waals surface area contributed by atoms with Gasteiger partial charge in [0.05, 0.1) is 0 Å². The van der Waals surface area contributed by atoms with E-state index in [1.807, 2.05) is 0 Å². The van der Waals surface area contributed by atoms with Crippen molar-refractivity contribution in [2.75, 3.05) is 0 Å². The van der Waals surface area contributed by atoms with Crippen LogP contribution in [0.2, 0.25) is 36.3 Å². The zero-order chi connectivity index (χ0) is 23.4. The van der Waals surface area contributed by atoms with Gasteiger partial charge in [-0.3, -0.25) is 0 Å². The van der Waals surface area contributed by atoms with Crippen LogP contribution in [0.15, 0.2) is 48.6 Å². The van der Waals surface area contributed by atoms with E-state index in [2.05, 4.69) is 73.5 Å². The summed E-state index contributed by atoms with van der Waals surface area (Å²) in [5, 5.41) is 0. The second-order valence-electron chi connectivity index (χ2n) is 12.5. The van der Waals surface area contributed by atoms with Crippen molar-refractivity contribution in [3.05, 3.63) is 59.7 Å². The van der Waals surface area contributed by atoms with Crippen LogP contribution in [0.3, 0.4) is 0 Å². The van der Waals surface area contributed by atoms with Crippen molar-refractivity contribution in [1.82, 2.24) is 0 Å². The van der Waals surface area contributed by atoms with E-state index in [0.717, 1.165) is 23.7 Å². The fraction of sp³-hybridized carbons (Fsp3) is 0.688. The molecule has 2 heterocycles. The Morgan fingerprint density at radius 1 is 0.622 bits per heavy atom. The van der Waals surface area contributed by atoms with Crippen molar-refractivity contribution in [3.8, 4) is 0 Å². The van der Waals surface area contributed by atoms with Crippen LogP contribution >= 0.6 is 0 Å². The number of hydrogen-bond donors (Lipinski definition) is 0. The Morgan fingerprint density at radius 3 is 1.32 bits per heavy atom. The molecule has 0 aromatic carbocycles. The molecular formula is C32H50Cl2HfSi2. The molecule has 0 aromatic heterocycles. The molecule has 2 saturated heterocycles. The van der Waals surface area contributed by atoms with Crippen LogP contribution in [0.4, 0.5) is 0 Å². The number of hydrogen-bond acceptors (Lipinski definition) is 0. The maximum absolute atomic E-state index is 2.52. The molecule has 0 aromatic rings. The molecule has 0 N–H and O–H groups in total. The fourth-order valence-electron chi connectivity index (χ4n) is 8.52. The summed E-state index contributed by atoms with van der Waals surface area (Å²) in [6.45, 7) is 4.71. The van der Waals surface area contributed by atoms with E-state index in [1.54, 1.807) is 36.3 Å². The topological polar surface area (TPSA) is 0 Å². The SMILES string of the molecule is CCCC[Si]1([C-]2CCC3C=CC=CC23)CCC1.CCCC[Si]1([C-]2CCC3C=CC=CC23)CCC1.[Cl-].[Cl-].[Hf+4]. The molecule has 4 fully saturated rings. The Labute approximate surface area is 262 Å². The molecule has 4 unspecified atom stereocenters. The van der Waals surface area contributed by atoms with Crippen LogP contribution in [-0.2, 0) is 25.8 Å². The fourth-order valence-corrected chi connectivity index (χ4v) is 19.3. The van der Waals surface area contributed by atoms with Crippen molar-refractivity contribution < 1.29 is 50.7 Å². The molecule has 6 rings (SSSR count). The number of halogens is 2. The quantitative estimate of drug-likeness (QED) is 0.263. The number of rotatable bonds is 8. The zero-order valence-electron chi connectivity index (χ0n) is 23.5. The van der Waals surface area contributed by atoms with Crippen molar-refractivity contribution >= 4 is 16.1 Å². The van der Waals surface area contributed by atoms with Crippen LogP contribution in [0.1, 0.15) is 78.1 Å². The van der Waals surface area contributed by atoms with Crippen molar-refractivity contribution in [3.63, 3.8) is 0 Å². The third kappa shape index (κ3) is 7.20. The molecule has 0 bridgehead atoms. The first-order valence-electron chi connectivity index (χ1n) is 15.1. The van der Waals surface area contributed by atoms with E-state index in [4.69, 9.17) is 0 Å². The molecule has 37 heavy (non-hydrogen) atoms. The second-order valence-corrected chi connectivity index (χ2v) is 21.9. The largest absolute Gasteiger partial charge is 4.00 e. The summed E-state index contributed by atoms with van der Waals surface area (Å²) >= 11 is 0. The van der Waals surface area contributed by atoms with Crippen LogP contribution in [-0.4, -0.2) is 16.1 Å². The molecule has 4 atom stereocenters. The number of unbranched alkanes of at least 4 members (excludes halogenated alkanes) is 2. The number of fused-ring (bicyclic) bond motifs is 2. The van der Waals surface area contributed by atoms with Gasteiger partial charge < -0.3 is 35.9 Å². The van der Waals surface area contributed by atoms with Gasteiger partial charge in [-0.1, -0.05) is 154 Å². The van der Waals surface area contributed by atoms with Crippen molar-refractivity contribution in [2.24, 2.45) is 23.7 Å². The minimum Gasteiger partial charge on any atom is -1.00 e. The summed E-state index contributed by atoms with van der Waals surface area (Å²) in [6.07, 6.45) is 33.8. The first-order chi connectivity index (χ1) is 16.7. The summed E-state index contributed by atoms with van der Waals surface area (Å²) in [7, 11) is -1.81. The summed E-state index contributed by atoms with van der Waals surface area (Å²) < 4.78 is 0. The van der Waals surface area contributed by atoms with E-state index < -0.39 is 16.1 Å². The second kappa shape index (κ2) is 15.7. The maximum Gasteiger partial charge on any atom is 4.00 e. The molecule has 5 heteroatoms. The summed E-state index contributed by atoms with van der Waals surface area (Å²) in [5.41, 5.74) is 4.14. The molecule has 0 radical (unpaired) electrons. The minimum absolute atomic E-state index is 0. The molecule has 4 aliphatic carbocycles. The predicted octanol–water partition coefficient (Wildman–Crippen LogP) is 3.82. The van der Waals surface area contributed by atoms with Crippen LogP contribution in [0, 0.1) is 34.8 Å². The average Bonchev–Trinajstić information content (AvgIpc) is 3.44. The molecule has 0 amide bonds. The van der Waals surface area contributed by atoms with Gasteiger partial charge in [-0.2, -0.15) is 12.8 Å². The van der Waals surface area contributed by atoms with Crippen LogP contribution < -0.4 is 24.8 Å². The van der Waals surface area contributed by atoms with Gasteiger partial charge in [0.25, 0.3) is 0 Å². The van der Waals surface area contributed by atoms with Gasteiger partial charge in [-0.25, -0.2) is 0 Å². The van der Waals surface area contributed by atoms with Crippen molar-refractivity contribution in [2.45, 2.75) is 114 Å². The van der Waals surface area contributed by atoms with Crippen molar-refractivity contribution in [1.29, 1.82) is 0 Å². The van der Waals surface area contributed by atoms with Gasteiger partial charge in [0.1, 0.15) is 0 Å². The third-order valence-electron chi connectivity index (χ3n) is 10.8.